The minimum absolute atomic E-state index is 0.0181. The molecule has 0 heterocycles. The van der Waals surface area contributed by atoms with Crippen molar-refractivity contribution in [3.05, 3.63) is 0 Å². The maximum Gasteiger partial charge on any atom is 0.326 e. The molecule has 2 atom stereocenters. The van der Waals surface area contributed by atoms with Gasteiger partial charge in [-0.25, -0.2) is 4.79 Å². The van der Waals surface area contributed by atoms with Crippen LogP contribution in [0.1, 0.15) is 32.6 Å². The number of carboxylic acid groups (broad SMARTS) is 2. The molecule has 132 valence electrons. The van der Waals surface area contributed by atoms with Crippen molar-refractivity contribution in [1.82, 2.24) is 5.32 Å². The Bertz CT molecular complexity index is 453. The van der Waals surface area contributed by atoms with Crippen molar-refractivity contribution in [2.24, 2.45) is 17.2 Å². The van der Waals surface area contributed by atoms with Crippen LogP contribution in [-0.4, -0.2) is 52.0 Å². The Kier molecular flexibility index (Phi) is 11.7. The average Bonchev–Trinajstić information content (AvgIpc) is 2.40. The Morgan fingerprint density at radius 1 is 0.913 bits per heavy atom. The Balaban J connectivity index is 0. The van der Waals surface area contributed by atoms with Crippen LogP contribution in [0.3, 0.4) is 0 Å². The molecule has 0 spiro atoms. The maximum atomic E-state index is 10.5. The van der Waals surface area contributed by atoms with Gasteiger partial charge in [0.2, 0.25) is 17.7 Å². The highest BCUT2D eigenvalue weighted by atomic mass is 16.4. The zero-order chi connectivity index (χ0) is 18.6. The molecule has 0 aliphatic heterocycles. The smallest absolute Gasteiger partial charge is 0.326 e. The fourth-order valence-electron chi connectivity index (χ4n) is 1.21. The minimum atomic E-state index is -1.17. The first-order valence-corrected chi connectivity index (χ1v) is 6.52. The fourth-order valence-corrected chi connectivity index (χ4v) is 1.21. The van der Waals surface area contributed by atoms with Crippen molar-refractivity contribution in [2.75, 3.05) is 0 Å². The molecule has 1 unspecified atom stereocenters. The van der Waals surface area contributed by atoms with Crippen LogP contribution >= 0.6 is 0 Å². The zero-order valence-corrected chi connectivity index (χ0v) is 12.7. The van der Waals surface area contributed by atoms with Crippen LogP contribution in [0, 0.1) is 0 Å². The number of aliphatic carboxylic acids is 2. The lowest BCUT2D eigenvalue weighted by Crippen LogP contribution is -2.40. The van der Waals surface area contributed by atoms with Crippen LogP contribution in [0.5, 0.6) is 0 Å². The van der Waals surface area contributed by atoms with Gasteiger partial charge in [-0.2, -0.15) is 0 Å². The molecule has 0 aliphatic carbocycles. The van der Waals surface area contributed by atoms with E-state index in [-0.39, 0.29) is 25.7 Å². The molecule has 23 heavy (non-hydrogen) atoms. The number of carboxylic acids is 2. The van der Waals surface area contributed by atoms with Gasteiger partial charge < -0.3 is 32.7 Å². The largest absolute Gasteiger partial charge is 0.480 e. The number of hydrogen-bond acceptors (Lipinski definition) is 6. The number of nitrogens with one attached hydrogen (secondary N) is 1. The third-order valence-corrected chi connectivity index (χ3v) is 2.37. The van der Waals surface area contributed by atoms with Gasteiger partial charge in [-0.05, 0) is 12.8 Å². The summed E-state index contributed by atoms with van der Waals surface area (Å²) >= 11 is 0. The molecule has 0 saturated heterocycles. The van der Waals surface area contributed by atoms with Gasteiger partial charge in [0, 0.05) is 19.8 Å². The molecule has 11 nitrogen and oxygen atoms in total. The Labute approximate surface area is 132 Å². The van der Waals surface area contributed by atoms with Crippen LogP contribution in [0.2, 0.25) is 0 Å². The summed E-state index contributed by atoms with van der Waals surface area (Å²) in [4.78, 5) is 51.5. The van der Waals surface area contributed by atoms with Gasteiger partial charge in [0.25, 0.3) is 0 Å². The Morgan fingerprint density at radius 3 is 1.65 bits per heavy atom. The van der Waals surface area contributed by atoms with Gasteiger partial charge in [0.15, 0.2) is 0 Å². The molecule has 0 aliphatic rings. The van der Waals surface area contributed by atoms with Crippen molar-refractivity contribution in [2.45, 2.75) is 44.7 Å². The number of carbonyl (C=O) groups is 5. The Hall–Kier alpha value is -2.69. The van der Waals surface area contributed by atoms with Crippen LogP contribution < -0.4 is 22.5 Å². The molecule has 0 fully saturated rings. The van der Waals surface area contributed by atoms with Crippen molar-refractivity contribution in [1.29, 1.82) is 0 Å². The summed E-state index contributed by atoms with van der Waals surface area (Å²) in [5.41, 5.74) is 14.6. The van der Waals surface area contributed by atoms with Crippen LogP contribution in [-0.2, 0) is 24.0 Å². The van der Waals surface area contributed by atoms with E-state index >= 15 is 0 Å². The Morgan fingerprint density at radius 2 is 1.35 bits per heavy atom. The summed E-state index contributed by atoms with van der Waals surface area (Å²) in [6.45, 7) is 1.21. The van der Waals surface area contributed by atoms with Gasteiger partial charge in [0.05, 0.1) is 0 Å². The van der Waals surface area contributed by atoms with E-state index in [1.54, 1.807) is 0 Å². The molecule has 0 rings (SSSR count). The summed E-state index contributed by atoms with van der Waals surface area (Å²) in [6.07, 6.45) is 0.0830. The summed E-state index contributed by atoms with van der Waals surface area (Å²) in [7, 11) is 0. The van der Waals surface area contributed by atoms with Gasteiger partial charge in [-0.1, -0.05) is 0 Å². The molecule has 0 radical (unpaired) electrons. The number of hydrogen-bond donors (Lipinski definition) is 6. The van der Waals surface area contributed by atoms with E-state index < -0.39 is 41.7 Å². The molecular formula is C12H22N4O7. The molecular weight excluding hydrogens is 312 g/mol. The van der Waals surface area contributed by atoms with E-state index in [4.69, 9.17) is 27.4 Å². The van der Waals surface area contributed by atoms with E-state index in [0.29, 0.717) is 0 Å². The van der Waals surface area contributed by atoms with Crippen molar-refractivity contribution < 1.29 is 34.2 Å². The molecule has 0 aromatic heterocycles. The topological polar surface area (TPSA) is 216 Å². The van der Waals surface area contributed by atoms with E-state index in [1.807, 2.05) is 0 Å². The second kappa shape index (κ2) is 11.9. The van der Waals surface area contributed by atoms with Crippen molar-refractivity contribution in [3.8, 4) is 0 Å². The first kappa shape index (κ1) is 22.6. The molecule has 11 heteroatoms. The maximum absolute atomic E-state index is 10.5. The fraction of sp³-hybridized carbons (Fsp3) is 0.583. The average molecular weight is 334 g/mol. The van der Waals surface area contributed by atoms with Gasteiger partial charge in [-0.15, -0.1) is 0 Å². The second-order valence-corrected chi connectivity index (χ2v) is 4.55. The standard InChI is InChI=1S/C7H12N2O4.C5H10N2O3/c1-4(10)9-5(7(12)13)2-3-6(8)11;6-3(5(9)10)1-2-4(7)8/h5H,2-3H2,1H3,(H2,8,11)(H,9,10)(H,12,13);3H,1-2,6H2,(H2,7,8)(H,9,10)/t5-;/m0./s1. The molecule has 9 N–H and O–H groups in total. The number of carbonyl (C=O) groups excluding carboxylic acids is 3. The highest BCUT2D eigenvalue weighted by Crippen LogP contribution is 1.96. The van der Waals surface area contributed by atoms with Crippen LogP contribution in [0.15, 0.2) is 0 Å². The normalized spacial score (nSPS) is 12.1. The number of nitrogens with two attached hydrogens (primary N) is 3. The third kappa shape index (κ3) is 15.5. The monoisotopic (exact) mass is 334 g/mol. The van der Waals surface area contributed by atoms with Gasteiger partial charge >= 0.3 is 11.9 Å². The molecule has 0 saturated carbocycles. The number of amides is 3. The van der Waals surface area contributed by atoms with E-state index in [2.05, 4.69) is 5.32 Å². The van der Waals surface area contributed by atoms with Crippen molar-refractivity contribution in [3.63, 3.8) is 0 Å². The predicted molar refractivity (Wildman–Crippen MR) is 77.7 cm³/mol. The molecule has 0 aromatic rings. The second-order valence-electron chi connectivity index (χ2n) is 4.55. The molecule has 0 bridgehead atoms. The van der Waals surface area contributed by atoms with Crippen LogP contribution in [0.4, 0.5) is 0 Å². The lowest BCUT2D eigenvalue weighted by Gasteiger charge is -2.11. The van der Waals surface area contributed by atoms with Gasteiger partial charge in [0.1, 0.15) is 12.1 Å². The van der Waals surface area contributed by atoms with E-state index in [1.165, 1.54) is 6.92 Å². The first-order chi connectivity index (χ1) is 10.5. The van der Waals surface area contributed by atoms with Crippen molar-refractivity contribution >= 4 is 29.7 Å². The number of primary amides is 2. The summed E-state index contributed by atoms with van der Waals surface area (Å²) in [5, 5.41) is 19.0. The van der Waals surface area contributed by atoms with E-state index in [0.717, 1.165) is 0 Å². The highest BCUT2D eigenvalue weighted by Gasteiger charge is 2.18. The highest BCUT2D eigenvalue weighted by molar-refractivity contribution is 5.83. The number of rotatable bonds is 9. The zero-order valence-electron chi connectivity index (χ0n) is 12.7. The quantitative estimate of drug-likeness (QED) is 0.264. The lowest BCUT2D eigenvalue weighted by atomic mass is 10.1. The predicted octanol–water partition coefficient (Wildman–Crippen LogP) is -2.49. The van der Waals surface area contributed by atoms with Crippen LogP contribution in [0.25, 0.3) is 0 Å². The SMILES string of the molecule is CC(=O)N[C@@H](CCC(N)=O)C(=O)O.NC(=O)CCC(N)C(=O)O. The molecule has 0 aromatic carbocycles. The third-order valence-electron chi connectivity index (χ3n) is 2.37. The molecule has 3 amide bonds. The lowest BCUT2D eigenvalue weighted by molar-refractivity contribution is -0.142. The summed E-state index contributed by atoms with van der Waals surface area (Å²) < 4.78 is 0. The minimum Gasteiger partial charge on any atom is -0.480 e. The first-order valence-electron chi connectivity index (χ1n) is 6.52. The summed E-state index contributed by atoms with van der Waals surface area (Å²) in [6, 6.07) is -2.02. The van der Waals surface area contributed by atoms with Gasteiger partial charge in [-0.3, -0.25) is 19.2 Å². The summed E-state index contributed by atoms with van der Waals surface area (Å²) in [5.74, 6) is -3.84. The van der Waals surface area contributed by atoms with E-state index in [9.17, 15) is 24.0 Å².